The standard InChI is InChI=1S/C14H21N5O/c1-4-13-12(9-19(3)18-13)14(17-15)10-6-11(20-5-2)8-16-7-10/h6-9,14,17H,4-5,15H2,1-3H3. The molecule has 0 aliphatic heterocycles. The van der Waals surface area contributed by atoms with Crippen molar-refractivity contribution in [2.45, 2.75) is 26.3 Å². The molecule has 0 aromatic carbocycles. The Morgan fingerprint density at radius 3 is 2.85 bits per heavy atom. The molecule has 0 saturated heterocycles. The van der Waals surface area contributed by atoms with Gasteiger partial charge in [-0.1, -0.05) is 6.92 Å². The average Bonchev–Trinajstić information content (AvgIpc) is 2.82. The van der Waals surface area contributed by atoms with Crippen molar-refractivity contribution in [2.24, 2.45) is 12.9 Å². The van der Waals surface area contributed by atoms with Crippen molar-refractivity contribution < 1.29 is 4.74 Å². The van der Waals surface area contributed by atoms with Crippen molar-refractivity contribution in [1.82, 2.24) is 20.2 Å². The summed E-state index contributed by atoms with van der Waals surface area (Å²) in [5, 5.41) is 4.45. The van der Waals surface area contributed by atoms with Crippen LogP contribution in [0.25, 0.3) is 0 Å². The summed E-state index contributed by atoms with van der Waals surface area (Å²) in [6.07, 6.45) is 6.33. The Labute approximate surface area is 118 Å². The molecule has 0 aliphatic carbocycles. The van der Waals surface area contributed by atoms with E-state index < -0.39 is 0 Å². The van der Waals surface area contributed by atoms with Gasteiger partial charge in [-0.2, -0.15) is 5.10 Å². The molecule has 3 N–H and O–H groups in total. The topological polar surface area (TPSA) is 78.0 Å². The highest BCUT2D eigenvalue weighted by molar-refractivity contribution is 5.35. The number of hydrogen-bond acceptors (Lipinski definition) is 5. The molecule has 2 rings (SSSR count). The summed E-state index contributed by atoms with van der Waals surface area (Å²) in [7, 11) is 1.91. The minimum absolute atomic E-state index is 0.147. The number of pyridine rings is 1. The fourth-order valence-corrected chi connectivity index (χ4v) is 2.27. The molecule has 108 valence electrons. The number of nitrogens with two attached hydrogens (primary N) is 1. The third-order valence-electron chi connectivity index (χ3n) is 3.13. The third-order valence-corrected chi connectivity index (χ3v) is 3.13. The molecule has 20 heavy (non-hydrogen) atoms. The van der Waals surface area contributed by atoms with Crippen LogP contribution in [0.3, 0.4) is 0 Å². The van der Waals surface area contributed by atoms with Crippen molar-refractivity contribution in [3.05, 3.63) is 41.5 Å². The second-order valence-corrected chi connectivity index (χ2v) is 4.55. The lowest BCUT2D eigenvalue weighted by Gasteiger charge is -2.16. The van der Waals surface area contributed by atoms with E-state index in [1.807, 2.05) is 26.2 Å². The lowest BCUT2D eigenvalue weighted by atomic mass is 10.0. The van der Waals surface area contributed by atoms with Gasteiger partial charge in [-0.15, -0.1) is 0 Å². The molecule has 2 aromatic rings. The van der Waals surface area contributed by atoms with E-state index in [0.29, 0.717) is 6.61 Å². The fourth-order valence-electron chi connectivity index (χ4n) is 2.27. The summed E-state index contributed by atoms with van der Waals surface area (Å²) in [4.78, 5) is 4.21. The van der Waals surface area contributed by atoms with E-state index in [2.05, 4.69) is 22.4 Å². The van der Waals surface area contributed by atoms with E-state index in [4.69, 9.17) is 10.6 Å². The Morgan fingerprint density at radius 2 is 2.20 bits per heavy atom. The van der Waals surface area contributed by atoms with Gasteiger partial charge in [-0.25, -0.2) is 5.43 Å². The lowest BCUT2D eigenvalue weighted by molar-refractivity contribution is 0.338. The molecule has 0 spiro atoms. The first-order valence-corrected chi connectivity index (χ1v) is 6.75. The van der Waals surface area contributed by atoms with Crippen LogP contribution >= 0.6 is 0 Å². The number of hydrogen-bond donors (Lipinski definition) is 2. The van der Waals surface area contributed by atoms with Crippen LogP contribution in [0.1, 0.15) is 36.7 Å². The van der Waals surface area contributed by atoms with Crippen LogP contribution < -0.4 is 16.0 Å². The molecule has 2 aromatic heterocycles. The van der Waals surface area contributed by atoms with Gasteiger partial charge in [0, 0.05) is 25.0 Å². The Kier molecular flexibility index (Phi) is 4.70. The summed E-state index contributed by atoms with van der Waals surface area (Å²) >= 11 is 0. The van der Waals surface area contributed by atoms with Crippen LogP contribution in [-0.4, -0.2) is 21.4 Å². The second kappa shape index (κ2) is 6.49. The minimum atomic E-state index is -0.147. The largest absolute Gasteiger partial charge is 0.492 e. The average molecular weight is 275 g/mol. The van der Waals surface area contributed by atoms with E-state index in [1.165, 1.54) is 0 Å². The summed E-state index contributed by atoms with van der Waals surface area (Å²) in [5.41, 5.74) is 5.89. The fraction of sp³-hybridized carbons (Fsp3) is 0.429. The quantitative estimate of drug-likeness (QED) is 0.614. The lowest BCUT2D eigenvalue weighted by Crippen LogP contribution is -2.29. The Hall–Kier alpha value is -1.92. The maximum atomic E-state index is 5.74. The van der Waals surface area contributed by atoms with Gasteiger partial charge in [0.2, 0.25) is 0 Å². The molecule has 0 radical (unpaired) electrons. The number of aryl methyl sites for hydroxylation is 2. The predicted octanol–water partition coefficient (Wildman–Crippen LogP) is 1.33. The van der Waals surface area contributed by atoms with Crippen LogP contribution in [0.2, 0.25) is 0 Å². The zero-order valence-electron chi connectivity index (χ0n) is 12.1. The van der Waals surface area contributed by atoms with E-state index in [9.17, 15) is 0 Å². The first-order chi connectivity index (χ1) is 9.69. The number of nitrogens with one attached hydrogen (secondary N) is 1. The maximum Gasteiger partial charge on any atom is 0.137 e. The van der Waals surface area contributed by atoms with Gasteiger partial charge in [0.05, 0.1) is 24.5 Å². The maximum absolute atomic E-state index is 5.74. The molecule has 0 aliphatic rings. The molecule has 0 saturated carbocycles. The SMILES string of the molecule is CCOc1cncc(C(NN)c2cn(C)nc2CC)c1. The van der Waals surface area contributed by atoms with E-state index >= 15 is 0 Å². The summed E-state index contributed by atoms with van der Waals surface area (Å²) in [6, 6.07) is 1.81. The van der Waals surface area contributed by atoms with E-state index in [0.717, 1.165) is 29.0 Å². The Bertz CT molecular complexity index is 566. The van der Waals surface area contributed by atoms with Crippen LogP contribution in [0, 0.1) is 0 Å². The van der Waals surface area contributed by atoms with Crippen molar-refractivity contribution in [3.63, 3.8) is 0 Å². The van der Waals surface area contributed by atoms with Gasteiger partial charge < -0.3 is 4.74 Å². The van der Waals surface area contributed by atoms with E-state index in [1.54, 1.807) is 17.1 Å². The second-order valence-electron chi connectivity index (χ2n) is 4.55. The third kappa shape index (κ3) is 2.97. The van der Waals surface area contributed by atoms with Gasteiger partial charge in [0.1, 0.15) is 5.75 Å². The monoisotopic (exact) mass is 275 g/mol. The Morgan fingerprint density at radius 1 is 1.40 bits per heavy atom. The van der Waals surface area contributed by atoms with Gasteiger partial charge >= 0.3 is 0 Å². The normalized spacial score (nSPS) is 12.4. The van der Waals surface area contributed by atoms with Crippen molar-refractivity contribution >= 4 is 0 Å². The molecule has 6 heteroatoms. The molecule has 0 fully saturated rings. The molecule has 1 unspecified atom stereocenters. The van der Waals surface area contributed by atoms with E-state index in [-0.39, 0.29) is 6.04 Å². The van der Waals surface area contributed by atoms with Crippen LogP contribution in [0.5, 0.6) is 5.75 Å². The zero-order valence-corrected chi connectivity index (χ0v) is 12.1. The van der Waals surface area contributed by atoms with Gasteiger partial charge in [0.15, 0.2) is 0 Å². The summed E-state index contributed by atoms with van der Waals surface area (Å²) in [6.45, 7) is 4.63. The molecule has 0 bridgehead atoms. The van der Waals surface area contributed by atoms with Crippen LogP contribution in [-0.2, 0) is 13.5 Å². The molecule has 1 atom stereocenters. The van der Waals surface area contributed by atoms with Crippen molar-refractivity contribution in [3.8, 4) is 5.75 Å². The van der Waals surface area contributed by atoms with Crippen LogP contribution in [0.15, 0.2) is 24.7 Å². The highest BCUT2D eigenvalue weighted by Crippen LogP contribution is 2.26. The smallest absolute Gasteiger partial charge is 0.137 e. The van der Waals surface area contributed by atoms with Gasteiger partial charge in [-0.05, 0) is 25.0 Å². The van der Waals surface area contributed by atoms with Gasteiger partial charge in [0.25, 0.3) is 0 Å². The number of rotatable bonds is 6. The zero-order chi connectivity index (χ0) is 14.5. The summed E-state index contributed by atoms with van der Waals surface area (Å²) < 4.78 is 7.29. The number of nitrogens with zero attached hydrogens (tertiary/aromatic N) is 3. The number of ether oxygens (including phenoxy) is 1. The van der Waals surface area contributed by atoms with Gasteiger partial charge in [-0.3, -0.25) is 15.5 Å². The highest BCUT2D eigenvalue weighted by atomic mass is 16.5. The summed E-state index contributed by atoms with van der Waals surface area (Å²) in [5.74, 6) is 6.48. The number of hydrazine groups is 1. The van der Waals surface area contributed by atoms with Crippen molar-refractivity contribution in [2.75, 3.05) is 6.61 Å². The first-order valence-electron chi connectivity index (χ1n) is 6.75. The first kappa shape index (κ1) is 14.5. The highest BCUT2D eigenvalue weighted by Gasteiger charge is 2.19. The van der Waals surface area contributed by atoms with Crippen LogP contribution in [0.4, 0.5) is 0 Å². The Balaban J connectivity index is 2.38. The predicted molar refractivity (Wildman–Crippen MR) is 77.2 cm³/mol. The van der Waals surface area contributed by atoms with Crippen molar-refractivity contribution in [1.29, 1.82) is 0 Å². The molecule has 0 amide bonds. The minimum Gasteiger partial charge on any atom is -0.492 e. The molecular formula is C14H21N5O. The number of aromatic nitrogens is 3. The molecule has 2 heterocycles. The molecule has 6 nitrogen and oxygen atoms in total. The molecular weight excluding hydrogens is 254 g/mol.